The fraction of sp³-hybridized carbons (Fsp3) is 0.520. The molecule has 0 saturated heterocycles. The average molecular weight is 504 g/mol. The van der Waals surface area contributed by atoms with Crippen molar-refractivity contribution in [3.63, 3.8) is 0 Å². The lowest BCUT2D eigenvalue weighted by molar-refractivity contribution is -0.134. The molecule has 9 nitrogen and oxygen atoms in total. The van der Waals surface area contributed by atoms with Gasteiger partial charge in [-0.05, 0) is 50.8 Å². The summed E-state index contributed by atoms with van der Waals surface area (Å²) >= 11 is 6.16. The molecule has 0 N–H and O–H groups in total. The van der Waals surface area contributed by atoms with Crippen LogP contribution in [-0.4, -0.2) is 88.4 Å². The molecule has 0 aliphatic carbocycles. The van der Waals surface area contributed by atoms with Gasteiger partial charge < -0.3 is 24.0 Å². The SMILES string of the molecule is C[C@H]1C(=O)N(C)CCCCN(C(=O)Cn2ccnc2)CCCCOc2ccc(Cl)cc2C(=O)N1C. The molecule has 3 rings (SSSR count). The number of hydrogen-bond donors (Lipinski definition) is 0. The molecule has 0 bridgehead atoms. The second-order valence-corrected chi connectivity index (χ2v) is 9.31. The van der Waals surface area contributed by atoms with Crippen molar-refractivity contribution in [2.24, 2.45) is 0 Å². The van der Waals surface area contributed by atoms with Crippen LogP contribution >= 0.6 is 11.6 Å². The lowest BCUT2D eigenvalue weighted by Gasteiger charge is -2.29. The predicted octanol–water partition coefficient (Wildman–Crippen LogP) is 2.94. The van der Waals surface area contributed by atoms with Gasteiger partial charge >= 0.3 is 0 Å². The number of halogens is 1. The van der Waals surface area contributed by atoms with E-state index in [0.717, 1.165) is 25.7 Å². The van der Waals surface area contributed by atoms with Crippen LogP contribution in [0, 0.1) is 0 Å². The third kappa shape index (κ3) is 7.21. The highest BCUT2D eigenvalue weighted by molar-refractivity contribution is 6.31. The summed E-state index contributed by atoms with van der Waals surface area (Å²) in [5.74, 6) is -0.0104. The molecule has 0 saturated carbocycles. The summed E-state index contributed by atoms with van der Waals surface area (Å²) in [6.07, 6.45) is 8.08. The van der Waals surface area contributed by atoms with E-state index in [0.29, 0.717) is 42.6 Å². The van der Waals surface area contributed by atoms with Crippen molar-refractivity contribution in [2.75, 3.05) is 40.3 Å². The van der Waals surface area contributed by atoms with Crippen molar-refractivity contribution in [1.29, 1.82) is 0 Å². The van der Waals surface area contributed by atoms with E-state index in [1.54, 1.807) is 67.4 Å². The normalized spacial score (nSPS) is 19.2. The zero-order valence-corrected chi connectivity index (χ0v) is 21.4. The van der Waals surface area contributed by atoms with Crippen LogP contribution in [-0.2, 0) is 16.1 Å². The lowest BCUT2D eigenvalue weighted by Crippen LogP contribution is -2.47. The Kier molecular flexibility index (Phi) is 9.54. The van der Waals surface area contributed by atoms with Gasteiger partial charge in [0.1, 0.15) is 18.3 Å². The zero-order valence-electron chi connectivity index (χ0n) is 20.7. The fourth-order valence-corrected chi connectivity index (χ4v) is 4.16. The average Bonchev–Trinajstić information content (AvgIpc) is 3.36. The van der Waals surface area contributed by atoms with Gasteiger partial charge in [-0.25, -0.2) is 4.98 Å². The van der Waals surface area contributed by atoms with Crippen molar-refractivity contribution < 1.29 is 19.1 Å². The van der Waals surface area contributed by atoms with Gasteiger partial charge in [-0.1, -0.05) is 11.6 Å². The molecular formula is C25H34ClN5O4. The van der Waals surface area contributed by atoms with Gasteiger partial charge in [0.05, 0.1) is 18.5 Å². The van der Waals surface area contributed by atoms with E-state index in [1.165, 1.54) is 4.90 Å². The number of benzene rings is 1. The van der Waals surface area contributed by atoms with Crippen LogP contribution in [0.25, 0.3) is 0 Å². The molecule has 1 aliphatic rings. The van der Waals surface area contributed by atoms with Crippen molar-refractivity contribution in [1.82, 2.24) is 24.3 Å². The third-order valence-corrected chi connectivity index (χ3v) is 6.52. The third-order valence-electron chi connectivity index (χ3n) is 6.29. The van der Waals surface area contributed by atoms with Crippen LogP contribution in [0.2, 0.25) is 5.02 Å². The molecule has 2 heterocycles. The van der Waals surface area contributed by atoms with Gasteiger partial charge in [0.2, 0.25) is 11.8 Å². The summed E-state index contributed by atoms with van der Waals surface area (Å²) in [6, 6.07) is 4.27. The topological polar surface area (TPSA) is 88.0 Å². The fourth-order valence-electron chi connectivity index (χ4n) is 3.99. The smallest absolute Gasteiger partial charge is 0.258 e. The van der Waals surface area contributed by atoms with Gasteiger partial charge in [-0.2, -0.15) is 0 Å². The van der Waals surface area contributed by atoms with Crippen molar-refractivity contribution in [3.8, 4) is 5.75 Å². The first kappa shape index (κ1) is 26.5. The minimum atomic E-state index is -0.650. The van der Waals surface area contributed by atoms with Gasteiger partial charge in [-0.15, -0.1) is 0 Å². The van der Waals surface area contributed by atoms with Gasteiger partial charge in [-0.3, -0.25) is 14.4 Å². The minimum absolute atomic E-state index is 0.0343. The van der Waals surface area contributed by atoms with Crippen LogP contribution in [0.1, 0.15) is 43.0 Å². The van der Waals surface area contributed by atoms with Crippen molar-refractivity contribution in [2.45, 2.75) is 45.2 Å². The molecule has 3 amide bonds. The van der Waals surface area contributed by atoms with Gasteiger partial charge in [0.25, 0.3) is 5.91 Å². The van der Waals surface area contributed by atoms with Gasteiger partial charge in [0.15, 0.2) is 0 Å². The Morgan fingerprint density at radius 2 is 1.83 bits per heavy atom. The summed E-state index contributed by atoms with van der Waals surface area (Å²) in [6.45, 7) is 4.12. The molecular weight excluding hydrogens is 470 g/mol. The van der Waals surface area contributed by atoms with Crippen molar-refractivity contribution in [3.05, 3.63) is 47.5 Å². The second-order valence-electron chi connectivity index (χ2n) is 8.87. The molecule has 35 heavy (non-hydrogen) atoms. The molecule has 2 aromatic rings. The highest BCUT2D eigenvalue weighted by Gasteiger charge is 2.28. The van der Waals surface area contributed by atoms with Crippen LogP contribution in [0.3, 0.4) is 0 Å². The Hall–Kier alpha value is -3.07. The van der Waals surface area contributed by atoms with E-state index in [-0.39, 0.29) is 24.3 Å². The number of carbonyl (C=O) groups excluding carboxylic acids is 3. The quantitative estimate of drug-likeness (QED) is 0.628. The summed E-state index contributed by atoms with van der Waals surface area (Å²) in [5.41, 5.74) is 0.323. The standard InChI is InChI=1S/C25H34ClN5O4/c1-19-24(33)28(2)11-4-5-12-31(23(32)17-30-14-10-27-18-30)13-6-7-15-35-22-9-8-20(26)16-21(22)25(34)29(19)3/h8-10,14,16,18-19H,4-7,11-13,15,17H2,1-3H3/t19-/m0/s1. The second kappa shape index (κ2) is 12.6. The number of fused-ring (bicyclic) bond motifs is 1. The Bertz CT molecular complexity index is 1010. The molecule has 0 unspecified atom stereocenters. The maximum absolute atomic E-state index is 13.2. The minimum Gasteiger partial charge on any atom is -0.493 e. The number of imidazole rings is 1. The summed E-state index contributed by atoms with van der Waals surface area (Å²) in [4.78, 5) is 48.0. The number of ether oxygens (including phenoxy) is 1. The number of likely N-dealkylation sites (N-methyl/N-ethyl adjacent to an activating group) is 2. The highest BCUT2D eigenvalue weighted by Crippen LogP contribution is 2.25. The van der Waals surface area contributed by atoms with Crippen LogP contribution < -0.4 is 4.74 Å². The van der Waals surface area contributed by atoms with Crippen LogP contribution in [0.4, 0.5) is 0 Å². The van der Waals surface area contributed by atoms with Crippen LogP contribution in [0.5, 0.6) is 5.75 Å². The molecule has 1 aromatic heterocycles. The van der Waals surface area contributed by atoms with E-state index in [2.05, 4.69) is 4.98 Å². The van der Waals surface area contributed by atoms with E-state index < -0.39 is 6.04 Å². The number of rotatable bonds is 2. The number of hydrogen-bond acceptors (Lipinski definition) is 5. The Morgan fingerprint density at radius 1 is 1.11 bits per heavy atom. The summed E-state index contributed by atoms with van der Waals surface area (Å²) < 4.78 is 7.69. The number of amides is 3. The van der Waals surface area contributed by atoms with Gasteiger partial charge in [0, 0.05) is 51.1 Å². The molecule has 1 aromatic carbocycles. The number of carbonyl (C=O) groups is 3. The molecule has 1 atom stereocenters. The molecule has 1 aliphatic heterocycles. The van der Waals surface area contributed by atoms with E-state index in [4.69, 9.17) is 16.3 Å². The predicted molar refractivity (Wildman–Crippen MR) is 133 cm³/mol. The maximum atomic E-state index is 13.2. The maximum Gasteiger partial charge on any atom is 0.258 e. The zero-order chi connectivity index (χ0) is 25.4. The Balaban J connectivity index is 1.76. The first-order chi connectivity index (χ1) is 16.8. The van der Waals surface area contributed by atoms with E-state index >= 15 is 0 Å². The Morgan fingerprint density at radius 3 is 2.54 bits per heavy atom. The largest absolute Gasteiger partial charge is 0.493 e. The summed E-state index contributed by atoms with van der Waals surface area (Å²) in [5, 5.41) is 0.420. The van der Waals surface area contributed by atoms with E-state index in [9.17, 15) is 14.4 Å². The van der Waals surface area contributed by atoms with Crippen LogP contribution in [0.15, 0.2) is 36.9 Å². The molecule has 0 radical (unpaired) electrons. The monoisotopic (exact) mass is 503 g/mol. The highest BCUT2D eigenvalue weighted by atomic mass is 35.5. The Labute approximate surface area is 211 Å². The molecule has 10 heteroatoms. The number of nitrogens with zero attached hydrogens (tertiary/aromatic N) is 5. The van der Waals surface area contributed by atoms with E-state index in [1.807, 2.05) is 4.90 Å². The first-order valence-corrected chi connectivity index (χ1v) is 12.3. The first-order valence-electron chi connectivity index (χ1n) is 12.0. The lowest BCUT2D eigenvalue weighted by atomic mass is 10.1. The summed E-state index contributed by atoms with van der Waals surface area (Å²) in [7, 11) is 3.35. The molecule has 0 fully saturated rings. The van der Waals surface area contributed by atoms with Crippen molar-refractivity contribution >= 4 is 29.3 Å². The number of aromatic nitrogens is 2. The molecule has 0 spiro atoms. The molecule has 190 valence electrons.